The van der Waals surface area contributed by atoms with Crippen LogP contribution in [0.15, 0.2) is 60.7 Å². The Morgan fingerprint density at radius 1 is 0.733 bits per heavy atom. The van der Waals surface area contributed by atoms with Crippen molar-refractivity contribution in [3.63, 3.8) is 0 Å². The molecule has 2 aromatic rings. The molecule has 0 atom stereocenters. The third-order valence-electron chi connectivity index (χ3n) is 2.23. The maximum Gasteiger partial charge on any atom is 2.00 e. The molecule has 0 aliphatic rings. The Labute approximate surface area is 123 Å². The van der Waals surface area contributed by atoms with Gasteiger partial charge in [0, 0.05) is 0 Å². The van der Waals surface area contributed by atoms with Crippen LogP contribution < -0.4 is 0 Å². The molecule has 0 spiro atoms. The van der Waals surface area contributed by atoms with Gasteiger partial charge in [0.05, 0.1) is 0 Å². The predicted octanol–water partition coefficient (Wildman–Crippen LogP) is 2.61. The molecule has 0 saturated heterocycles. The van der Waals surface area contributed by atoms with E-state index in [-0.39, 0.29) is 40.6 Å². The number of aliphatic hydroxyl groups excluding tert-OH is 1. The molecule has 1 nitrogen and oxygen atoms in total. The van der Waals surface area contributed by atoms with Crippen LogP contribution in [0.4, 0.5) is 0 Å². The third kappa shape index (κ3) is 3.32. The van der Waals surface area contributed by atoms with Crippen LogP contribution in [0.2, 0.25) is 0 Å². The largest absolute Gasteiger partial charge is 2.00 e. The van der Waals surface area contributed by atoms with E-state index in [1.54, 1.807) is 0 Å². The summed E-state index contributed by atoms with van der Waals surface area (Å²) in [6, 6.07) is 19.3. The summed E-state index contributed by atoms with van der Waals surface area (Å²) in [6.45, 7) is 0. The van der Waals surface area contributed by atoms with Crippen LogP contribution in [0.1, 0.15) is 20.1 Å². The Bertz CT molecular complexity index is 355. The van der Waals surface area contributed by atoms with E-state index in [0.717, 1.165) is 11.1 Å². The van der Waals surface area contributed by atoms with E-state index in [4.69, 9.17) is 0 Å². The molecule has 0 heterocycles. The van der Waals surface area contributed by atoms with E-state index in [9.17, 15) is 5.11 Å². The summed E-state index contributed by atoms with van der Waals surface area (Å²) < 4.78 is 0. The Morgan fingerprint density at radius 3 is 1.40 bits per heavy atom. The molecule has 0 saturated carbocycles. The molecule has 2 rings (SSSR count). The molecular weight excluding hydrogens is 212 g/mol. The second-order valence-corrected chi connectivity index (χ2v) is 3.22. The second kappa shape index (κ2) is 6.29. The van der Waals surface area contributed by atoms with Crippen molar-refractivity contribution in [2.75, 3.05) is 0 Å². The molecule has 0 aliphatic carbocycles. The van der Waals surface area contributed by atoms with Gasteiger partial charge in [-0.2, -0.15) is 0 Å². The summed E-state index contributed by atoms with van der Waals surface area (Å²) in [6.07, 6.45) is -0.516. The third-order valence-corrected chi connectivity index (χ3v) is 2.23. The molecule has 0 fully saturated rings. The fourth-order valence-corrected chi connectivity index (χ4v) is 1.46. The van der Waals surface area contributed by atoms with Crippen LogP contribution in [0, 0.1) is 0 Å². The number of rotatable bonds is 2. The van der Waals surface area contributed by atoms with E-state index in [2.05, 4.69) is 0 Å². The van der Waals surface area contributed by atoms with Crippen molar-refractivity contribution in [3.8, 4) is 0 Å². The molecule has 0 aliphatic heterocycles. The van der Waals surface area contributed by atoms with Gasteiger partial charge in [-0.05, 0) is 11.1 Å². The Hall–Kier alpha value is -0.340. The van der Waals surface area contributed by atoms with Gasteiger partial charge in [0.2, 0.25) is 0 Å². The van der Waals surface area contributed by atoms with Crippen molar-refractivity contribution in [3.05, 3.63) is 71.8 Å². The van der Waals surface area contributed by atoms with Gasteiger partial charge in [-0.15, -0.1) is 0 Å². The minimum Gasteiger partial charge on any atom is -1.00 e. The van der Waals surface area contributed by atoms with Gasteiger partial charge in [-0.1, -0.05) is 60.7 Å². The average Bonchev–Trinajstić information content (AvgIpc) is 2.30. The van der Waals surface area contributed by atoms with Crippen molar-refractivity contribution >= 4 is 37.7 Å². The standard InChI is InChI=1S/C13H12O.Ca.2H/c14-13(11-7-3-1-4-8-11)12-9-5-2-6-10-12;;;/h1-10,13-14H;;;/q;+2;2*-1. The Morgan fingerprint density at radius 2 is 1.07 bits per heavy atom. The first-order valence-electron chi connectivity index (χ1n) is 4.66. The van der Waals surface area contributed by atoms with Crippen LogP contribution in [-0.4, -0.2) is 42.8 Å². The Balaban J connectivity index is 0. The second-order valence-electron chi connectivity index (χ2n) is 3.22. The van der Waals surface area contributed by atoms with Crippen molar-refractivity contribution < 1.29 is 7.96 Å². The van der Waals surface area contributed by atoms with Gasteiger partial charge in [-0.25, -0.2) is 0 Å². The van der Waals surface area contributed by atoms with E-state index in [1.807, 2.05) is 60.7 Å². The first kappa shape index (κ1) is 12.7. The van der Waals surface area contributed by atoms with E-state index >= 15 is 0 Å². The zero-order chi connectivity index (χ0) is 9.80. The summed E-state index contributed by atoms with van der Waals surface area (Å²) in [4.78, 5) is 0. The molecule has 0 amide bonds. The summed E-state index contributed by atoms with van der Waals surface area (Å²) in [5.74, 6) is 0. The van der Waals surface area contributed by atoms with Gasteiger partial charge in [0.15, 0.2) is 0 Å². The maximum absolute atomic E-state index is 9.99. The quantitative estimate of drug-likeness (QED) is 0.780. The minimum atomic E-state index is -0.516. The minimum absolute atomic E-state index is 0. The molecule has 15 heavy (non-hydrogen) atoms. The summed E-state index contributed by atoms with van der Waals surface area (Å²) in [7, 11) is 0. The molecular formula is C13H14CaO. The van der Waals surface area contributed by atoms with Gasteiger partial charge in [0.25, 0.3) is 0 Å². The molecule has 0 bridgehead atoms. The van der Waals surface area contributed by atoms with E-state index in [1.165, 1.54) is 0 Å². The molecule has 0 unspecified atom stereocenters. The summed E-state index contributed by atoms with van der Waals surface area (Å²) in [5, 5.41) is 9.99. The van der Waals surface area contributed by atoms with E-state index in [0.29, 0.717) is 0 Å². The molecule has 74 valence electrons. The first-order valence-corrected chi connectivity index (χ1v) is 4.66. The van der Waals surface area contributed by atoms with Crippen LogP contribution in [-0.2, 0) is 0 Å². The summed E-state index contributed by atoms with van der Waals surface area (Å²) in [5.41, 5.74) is 1.86. The normalized spacial score (nSPS) is 9.73. The van der Waals surface area contributed by atoms with Crippen LogP contribution in [0.3, 0.4) is 0 Å². The fraction of sp³-hybridized carbons (Fsp3) is 0.0769. The van der Waals surface area contributed by atoms with Crippen molar-refractivity contribution in [1.29, 1.82) is 0 Å². The summed E-state index contributed by atoms with van der Waals surface area (Å²) >= 11 is 0. The van der Waals surface area contributed by atoms with Gasteiger partial charge in [0.1, 0.15) is 6.10 Å². The number of hydrogen-bond donors (Lipinski definition) is 1. The number of hydrogen-bond acceptors (Lipinski definition) is 1. The molecule has 1 N–H and O–H groups in total. The zero-order valence-electron chi connectivity index (χ0n) is 10.5. The van der Waals surface area contributed by atoms with Gasteiger partial charge in [-0.3, -0.25) is 0 Å². The number of benzene rings is 2. The van der Waals surface area contributed by atoms with Crippen LogP contribution >= 0.6 is 0 Å². The molecule has 2 heteroatoms. The first-order chi connectivity index (χ1) is 6.88. The van der Waals surface area contributed by atoms with Crippen molar-refractivity contribution in [2.24, 2.45) is 0 Å². The number of aliphatic hydroxyl groups is 1. The van der Waals surface area contributed by atoms with Crippen molar-refractivity contribution in [1.82, 2.24) is 0 Å². The van der Waals surface area contributed by atoms with E-state index < -0.39 is 6.10 Å². The topological polar surface area (TPSA) is 20.2 Å². The smallest absolute Gasteiger partial charge is 1.00 e. The average molecular weight is 226 g/mol. The fourth-order valence-electron chi connectivity index (χ4n) is 1.46. The molecule has 0 aromatic heterocycles. The predicted molar refractivity (Wildman–Crippen MR) is 64.9 cm³/mol. The van der Waals surface area contributed by atoms with Crippen LogP contribution in [0.25, 0.3) is 0 Å². The van der Waals surface area contributed by atoms with Crippen LogP contribution in [0.5, 0.6) is 0 Å². The Kier molecular flexibility index (Phi) is 5.34. The zero-order valence-corrected chi connectivity index (χ0v) is 10.7. The van der Waals surface area contributed by atoms with Gasteiger partial charge < -0.3 is 7.96 Å². The monoisotopic (exact) mass is 226 g/mol. The maximum atomic E-state index is 9.99. The SMILES string of the molecule is OC(c1ccccc1)c1ccccc1.[Ca+2].[H-].[H-]. The van der Waals surface area contributed by atoms with Crippen molar-refractivity contribution in [2.45, 2.75) is 6.10 Å². The molecule has 0 radical (unpaired) electrons. The van der Waals surface area contributed by atoms with Gasteiger partial charge >= 0.3 is 37.7 Å². The molecule has 2 aromatic carbocycles.